The van der Waals surface area contributed by atoms with Crippen molar-refractivity contribution >= 4 is 11.6 Å². The number of carbonyl (C=O) groups excluding carboxylic acids is 1. The molecule has 2 heterocycles. The predicted molar refractivity (Wildman–Crippen MR) is 79.6 cm³/mol. The molecule has 1 amide bonds. The van der Waals surface area contributed by atoms with Crippen molar-refractivity contribution in [2.24, 2.45) is 5.92 Å². The number of anilines is 1. The number of hydrazine groups is 1. The summed E-state index contributed by atoms with van der Waals surface area (Å²) in [5.41, 5.74) is 6.54. The second kappa shape index (κ2) is 5.13. The van der Waals surface area contributed by atoms with Gasteiger partial charge < -0.3 is 5.01 Å². The summed E-state index contributed by atoms with van der Waals surface area (Å²) in [4.78, 5) is 14.2. The molecule has 104 valence electrons. The van der Waals surface area contributed by atoms with E-state index in [-0.39, 0.29) is 11.8 Å². The van der Waals surface area contributed by atoms with E-state index in [0.717, 1.165) is 18.7 Å². The van der Waals surface area contributed by atoms with Gasteiger partial charge in [0.05, 0.1) is 5.70 Å². The highest BCUT2D eigenvalue weighted by Crippen LogP contribution is 2.31. The molecule has 1 atom stereocenters. The molecule has 0 aromatic heterocycles. The highest BCUT2D eigenvalue weighted by Gasteiger charge is 2.29. The van der Waals surface area contributed by atoms with E-state index >= 15 is 0 Å². The maximum Gasteiger partial charge on any atom is 0.234 e. The molecule has 0 radical (unpaired) electrons. The topological polar surface area (TPSA) is 35.6 Å². The van der Waals surface area contributed by atoms with Gasteiger partial charge in [0.1, 0.15) is 0 Å². The van der Waals surface area contributed by atoms with Crippen LogP contribution in [0.1, 0.15) is 13.3 Å². The van der Waals surface area contributed by atoms with E-state index in [1.54, 1.807) is 4.90 Å². The molecule has 0 spiro atoms. The fourth-order valence-corrected chi connectivity index (χ4v) is 2.74. The van der Waals surface area contributed by atoms with Gasteiger partial charge in [-0.25, -0.2) is 5.43 Å². The van der Waals surface area contributed by atoms with Gasteiger partial charge in [0.25, 0.3) is 0 Å². The van der Waals surface area contributed by atoms with Crippen molar-refractivity contribution in [3.8, 4) is 0 Å². The number of nitrogens with zero attached hydrogens (tertiary/aromatic N) is 2. The molecule has 2 aliphatic rings. The highest BCUT2D eigenvalue weighted by atomic mass is 16.2. The van der Waals surface area contributed by atoms with Gasteiger partial charge in [-0.15, -0.1) is 0 Å². The summed E-state index contributed by atoms with van der Waals surface area (Å²) < 4.78 is 0. The third kappa shape index (κ3) is 2.23. The van der Waals surface area contributed by atoms with Crippen LogP contribution < -0.4 is 10.3 Å². The Morgan fingerprint density at radius 3 is 2.65 bits per heavy atom. The van der Waals surface area contributed by atoms with Gasteiger partial charge in [0.15, 0.2) is 0 Å². The Morgan fingerprint density at radius 1 is 1.25 bits per heavy atom. The standard InChI is InChI=1S/C16H19N3O/c1-12-10-13(15-8-9-17-18(15)2)11-19(16(12)20)14-6-4-3-5-7-14/h3-8,11-12,17H,9-10H2,1-2H3. The Hall–Kier alpha value is -2.07. The fraction of sp³-hybridized carbons (Fsp3) is 0.312. The van der Waals surface area contributed by atoms with Crippen LogP contribution in [0.4, 0.5) is 5.69 Å². The molecular weight excluding hydrogens is 250 g/mol. The number of hydrogen-bond donors (Lipinski definition) is 1. The van der Waals surface area contributed by atoms with Crippen LogP contribution in [0, 0.1) is 5.92 Å². The van der Waals surface area contributed by atoms with Gasteiger partial charge in [-0.3, -0.25) is 9.69 Å². The minimum Gasteiger partial charge on any atom is -0.311 e. The van der Waals surface area contributed by atoms with E-state index in [2.05, 4.69) is 11.5 Å². The van der Waals surface area contributed by atoms with Gasteiger partial charge in [0, 0.05) is 31.4 Å². The highest BCUT2D eigenvalue weighted by molar-refractivity contribution is 5.98. The van der Waals surface area contributed by atoms with Crippen molar-refractivity contribution in [2.45, 2.75) is 13.3 Å². The monoisotopic (exact) mass is 269 g/mol. The summed E-state index contributed by atoms with van der Waals surface area (Å²) >= 11 is 0. The van der Waals surface area contributed by atoms with E-state index in [0.29, 0.717) is 0 Å². The molecule has 2 aliphatic heterocycles. The lowest BCUT2D eigenvalue weighted by atomic mass is 9.94. The van der Waals surface area contributed by atoms with Crippen molar-refractivity contribution in [2.75, 3.05) is 18.5 Å². The normalized spacial score (nSPS) is 22.9. The van der Waals surface area contributed by atoms with E-state index in [1.165, 1.54) is 11.3 Å². The summed E-state index contributed by atoms with van der Waals surface area (Å²) in [7, 11) is 2.01. The lowest BCUT2D eigenvalue weighted by Crippen LogP contribution is -2.37. The molecule has 0 saturated carbocycles. The summed E-state index contributed by atoms with van der Waals surface area (Å²) in [5.74, 6) is 0.166. The molecule has 20 heavy (non-hydrogen) atoms. The quantitative estimate of drug-likeness (QED) is 0.894. The number of likely N-dealkylation sites (N-methyl/N-ethyl adjacent to an activating group) is 1. The minimum absolute atomic E-state index is 0.00473. The number of para-hydroxylation sites is 1. The van der Waals surface area contributed by atoms with E-state index in [9.17, 15) is 4.79 Å². The molecule has 1 aromatic carbocycles. The molecule has 0 fully saturated rings. The zero-order chi connectivity index (χ0) is 14.1. The number of allylic oxidation sites excluding steroid dienone is 1. The largest absolute Gasteiger partial charge is 0.311 e. The Morgan fingerprint density at radius 2 is 2.00 bits per heavy atom. The molecule has 0 bridgehead atoms. The Labute approximate surface area is 119 Å². The van der Waals surface area contributed by atoms with Crippen LogP contribution in [-0.4, -0.2) is 24.5 Å². The molecule has 4 nitrogen and oxygen atoms in total. The first-order valence-corrected chi connectivity index (χ1v) is 6.93. The molecular formula is C16H19N3O. The summed E-state index contributed by atoms with van der Waals surface area (Å²) in [6.07, 6.45) is 4.94. The second-order valence-electron chi connectivity index (χ2n) is 5.31. The maximum atomic E-state index is 12.4. The van der Waals surface area contributed by atoms with Crippen LogP contribution in [0.3, 0.4) is 0 Å². The Kier molecular flexibility index (Phi) is 3.32. The first-order valence-electron chi connectivity index (χ1n) is 6.93. The second-order valence-corrected chi connectivity index (χ2v) is 5.31. The first-order chi connectivity index (χ1) is 9.66. The molecule has 0 saturated heterocycles. The summed E-state index contributed by atoms with van der Waals surface area (Å²) in [6, 6.07) is 9.81. The Bertz CT molecular complexity index is 577. The van der Waals surface area contributed by atoms with Crippen LogP contribution in [0.5, 0.6) is 0 Å². The number of benzene rings is 1. The minimum atomic E-state index is 0.00473. The summed E-state index contributed by atoms with van der Waals surface area (Å²) in [5, 5.41) is 2.03. The fourth-order valence-electron chi connectivity index (χ4n) is 2.74. The molecule has 0 aliphatic carbocycles. The number of rotatable bonds is 2. The van der Waals surface area contributed by atoms with Crippen LogP contribution in [0.25, 0.3) is 0 Å². The van der Waals surface area contributed by atoms with Crippen molar-refractivity contribution in [1.82, 2.24) is 10.4 Å². The lowest BCUT2D eigenvalue weighted by molar-refractivity contribution is -0.121. The van der Waals surface area contributed by atoms with E-state index < -0.39 is 0 Å². The third-order valence-corrected chi connectivity index (χ3v) is 3.82. The average Bonchev–Trinajstić information content (AvgIpc) is 2.89. The van der Waals surface area contributed by atoms with Gasteiger partial charge in [-0.05, 0) is 30.2 Å². The van der Waals surface area contributed by atoms with Crippen LogP contribution in [0.15, 0.2) is 53.9 Å². The van der Waals surface area contributed by atoms with Gasteiger partial charge >= 0.3 is 0 Å². The number of amides is 1. The van der Waals surface area contributed by atoms with Crippen molar-refractivity contribution in [1.29, 1.82) is 0 Å². The molecule has 1 N–H and O–H groups in total. The van der Waals surface area contributed by atoms with E-state index in [1.807, 2.05) is 55.5 Å². The Balaban J connectivity index is 1.98. The summed E-state index contributed by atoms with van der Waals surface area (Å²) in [6.45, 7) is 2.84. The van der Waals surface area contributed by atoms with Crippen LogP contribution in [0.2, 0.25) is 0 Å². The molecule has 4 heteroatoms. The van der Waals surface area contributed by atoms with Gasteiger partial charge in [-0.2, -0.15) is 0 Å². The molecule has 1 unspecified atom stereocenters. The zero-order valence-electron chi connectivity index (χ0n) is 11.8. The van der Waals surface area contributed by atoms with Crippen molar-refractivity contribution in [3.05, 3.63) is 53.9 Å². The maximum absolute atomic E-state index is 12.4. The molecule has 3 rings (SSSR count). The van der Waals surface area contributed by atoms with Crippen LogP contribution in [-0.2, 0) is 4.79 Å². The van der Waals surface area contributed by atoms with Crippen LogP contribution >= 0.6 is 0 Å². The molecule has 1 aromatic rings. The predicted octanol–water partition coefficient (Wildman–Crippen LogP) is 2.28. The van der Waals surface area contributed by atoms with Crippen molar-refractivity contribution in [3.63, 3.8) is 0 Å². The number of nitrogens with one attached hydrogen (secondary N) is 1. The first kappa shape index (κ1) is 12.9. The average molecular weight is 269 g/mol. The number of hydrogen-bond acceptors (Lipinski definition) is 3. The van der Waals surface area contributed by atoms with Gasteiger partial charge in [0.2, 0.25) is 5.91 Å². The van der Waals surface area contributed by atoms with Crippen molar-refractivity contribution < 1.29 is 4.79 Å². The smallest absolute Gasteiger partial charge is 0.234 e. The van der Waals surface area contributed by atoms with E-state index in [4.69, 9.17) is 0 Å². The van der Waals surface area contributed by atoms with Gasteiger partial charge in [-0.1, -0.05) is 25.1 Å². The third-order valence-electron chi connectivity index (χ3n) is 3.82. The lowest BCUT2D eigenvalue weighted by Gasteiger charge is -2.31. The SMILES string of the molecule is CC1CC(C2=CCNN2C)=CN(c2ccccc2)C1=O. The zero-order valence-corrected chi connectivity index (χ0v) is 11.8. The number of carbonyl (C=O) groups is 1.